The molecule has 0 unspecified atom stereocenters. The average Bonchev–Trinajstić information content (AvgIpc) is 2.17. The van der Waals surface area contributed by atoms with Crippen LogP contribution in [0.25, 0.3) is 0 Å². The highest BCUT2D eigenvalue weighted by Crippen LogP contribution is 2.28. The Balaban J connectivity index is 2.03. The summed E-state index contributed by atoms with van der Waals surface area (Å²) in [4.78, 5) is 0. The van der Waals surface area contributed by atoms with Crippen LogP contribution in [-0.4, -0.2) is 17.0 Å². The highest BCUT2D eigenvalue weighted by atomic mass is 32.2. The van der Waals surface area contributed by atoms with Crippen LogP contribution >= 0.6 is 11.8 Å². The first-order valence-corrected chi connectivity index (χ1v) is 6.75. The smallest absolute Gasteiger partial charge is 0.0130 e. The fraction of sp³-hybridized carbons (Fsp3) is 1.00. The third-order valence-corrected chi connectivity index (χ3v) is 4.32. The van der Waals surface area contributed by atoms with Crippen molar-refractivity contribution in [1.29, 1.82) is 0 Å². The van der Waals surface area contributed by atoms with E-state index in [1.165, 1.54) is 50.7 Å². The van der Waals surface area contributed by atoms with Crippen LogP contribution in [0.1, 0.15) is 51.9 Å². The molecule has 1 nitrogen and oxygen atoms in total. The molecule has 0 heterocycles. The van der Waals surface area contributed by atoms with E-state index < -0.39 is 0 Å². The Morgan fingerprint density at radius 2 is 2.00 bits per heavy atom. The van der Waals surface area contributed by atoms with E-state index in [1.807, 2.05) is 0 Å². The van der Waals surface area contributed by atoms with E-state index in [0.29, 0.717) is 6.04 Å². The molecule has 78 valence electrons. The van der Waals surface area contributed by atoms with E-state index in [-0.39, 0.29) is 0 Å². The minimum absolute atomic E-state index is 0.442. The molecule has 0 aliphatic heterocycles. The summed E-state index contributed by atoms with van der Waals surface area (Å²) in [7, 11) is 0. The zero-order valence-electron chi connectivity index (χ0n) is 8.80. The van der Waals surface area contributed by atoms with Crippen LogP contribution < -0.4 is 5.73 Å². The van der Waals surface area contributed by atoms with Gasteiger partial charge in [-0.15, -0.1) is 0 Å². The Labute approximate surface area is 86.8 Å². The maximum atomic E-state index is 5.98. The molecule has 0 spiro atoms. The van der Waals surface area contributed by atoms with Crippen molar-refractivity contribution in [1.82, 2.24) is 0 Å². The van der Waals surface area contributed by atoms with Gasteiger partial charge in [0, 0.05) is 17.0 Å². The second-order valence-corrected chi connectivity index (χ2v) is 5.48. The highest BCUT2D eigenvalue weighted by Gasteiger charge is 2.14. The number of hydrogen-bond acceptors (Lipinski definition) is 2. The SMILES string of the molecule is CCC[C@H](N)CSC1CCCCC1. The van der Waals surface area contributed by atoms with Crippen LogP contribution in [0.4, 0.5) is 0 Å². The standard InChI is InChI=1S/C11H23NS/c1-2-6-10(12)9-13-11-7-4-3-5-8-11/h10-11H,2-9,12H2,1H3/t10-/m0/s1. The van der Waals surface area contributed by atoms with Crippen LogP contribution in [0.5, 0.6) is 0 Å². The van der Waals surface area contributed by atoms with Crippen LogP contribution in [0, 0.1) is 0 Å². The third kappa shape index (κ3) is 4.92. The van der Waals surface area contributed by atoms with Crippen molar-refractivity contribution < 1.29 is 0 Å². The zero-order valence-corrected chi connectivity index (χ0v) is 9.61. The van der Waals surface area contributed by atoms with Gasteiger partial charge in [-0.25, -0.2) is 0 Å². The van der Waals surface area contributed by atoms with Gasteiger partial charge in [-0.2, -0.15) is 11.8 Å². The second kappa shape index (κ2) is 6.72. The van der Waals surface area contributed by atoms with Gasteiger partial charge in [0.05, 0.1) is 0 Å². The molecule has 2 heteroatoms. The number of thioether (sulfide) groups is 1. The summed E-state index contributed by atoms with van der Waals surface area (Å²) in [5, 5.41) is 0.927. The summed E-state index contributed by atoms with van der Waals surface area (Å²) in [6.45, 7) is 2.21. The van der Waals surface area contributed by atoms with Crippen LogP contribution in [-0.2, 0) is 0 Å². The van der Waals surface area contributed by atoms with Crippen molar-refractivity contribution in [3.63, 3.8) is 0 Å². The van der Waals surface area contributed by atoms with E-state index in [9.17, 15) is 0 Å². The van der Waals surface area contributed by atoms with Crippen molar-refractivity contribution in [3.8, 4) is 0 Å². The van der Waals surface area contributed by atoms with Gasteiger partial charge in [-0.05, 0) is 19.3 Å². The van der Waals surface area contributed by atoms with Crippen LogP contribution in [0.2, 0.25) is 0 Å². The second-order valence-electron chi connectivity index (χ2n) is 4.14. The Kier molecular flexibility index (Phi) is 5.88. The van der Waals surface area contributed by atoms with Crippen LogP contribution in [0.15, 0.2) is 0 Å². The first-order valence-electron chi connectivity index (χ1n) is 5.70. The average molecular weight is 201 g/mol. The van der Waals surface area contributed by atoms with Gasteiger partial charge >= 0.3 is 0 Å². The molecule has 0 saturated heterocycles. The lowest BCUT2D eigenvalue weighted by Crippen LogP contribution is -2.24. The van der Waals surface area contributed by atoms with E-state index in [0.717, 1.165) is 5.25 Å². The highest BCUT2D eigenvalue weighted by molar-refractivity contribution is 7.99. The maximum Gasteiger partial charge on any atom is 0.0130 e. The summed E-state index contributed by atoms with van der Waals surface area (Å²) >= 11 is 2.12. The molecule has 1 fully saturated rings. The molecule has 1 atom stereocenters. The summed E-state index contributed by atoms with van der Waals surface area (Å²) in [5.41, 5.74) is 5.98. The third-order valence-electron chi connectivity index (χ3n) is 2.76. The predicted octanol–water partition coefficient (Wildman–Crippen LogP) is 3.18. The molecule has 2 N–H and O–H groups in total. The van der Waals surface area contributed by atoms with Gasteiger partial charge in [-0.1, -0.05) is 32.6 Å². The minimum Gasteiger partial charge on any atom is -0.327 e. The first kappa shape index (κ1) is 11.4. The molecule has 1 aliphatic carbocycles. The normalized spacial score (nSPS) is 21.7. The van der Waals surface area contributed by atoms with Crippen molar-refractivity contribution >= 4 is 11.8 Å². The minimum atomic E-state index is 0.442. The number of nitrogens with two attached hydrogens (primary N) is 1. The summed E-state index contributed by atoms with van der Waals surface area (Å²) in [6.07, 6.45) is 9.64. The van der Waals surface area contributed by atoms with Gasteiger partial charge < -0.3 is 5.73 Å². The fourth-order valence-electron chi connectivity index (χ4n) is 1.95. The molecule has 0 aromatic heterocycles. The predicted molar refractivity (Wildman–Crippen MR) is 62.2 cm³/mol. The van der Waals surface area contributed by atoms with Gasteiger partial charge in [0.1, 0.15) is 0 Å². The van der Waals surface area contributed by atoms with E-state index in [1.54, 1.807) is 0 Å². The monoisotopic (exact) mass is 201 g/mol. The molecule has 1 aliphatic rings. The van der Waals surface area contributed by atoms with Crippen LogP contribution in [0.3, 0.4) is 0 Å². The fourth-order valence-corrected chi connectivity index (χ4v) is 3.30. The zero-order chi connectivity index (χ0) is 9.52. The van der Waals surface area contributed by atoms with Crippen molar-refractivity contribution in [3.05, 3.63) is 0 Å². The largest absolute Gasteiger partial charge is 0.327 e. The quantitative estimate of drug-likeness (QED) is 0.739. The molecule has 0 aromatic carbocycles. The molecular weight excluding hydrogens is 178 g/mol. The molecule has 0 bridgehead atoms. The molecular formula is C11H23NS. The van der Waals surface area contributed by atoms with Crippen molar-refractivity contribution in [2.75, 3.05) is 5.75 Å². The van der Waals surface area contributed by atoms with Crippen molar-refractivity contribution in [2.45, 2.75) is 63.2 Å². The molecule has 1 saturated carbocycles. The Morgan fingerprint density at radius 1 is 1.31 bits per heavy atom. The lowest BCUT2D eigenvalue weighted by molar-refractivity contribution is 0.515. The molecule has 0 amide bonds. The lowest BCUT2D eigenvalue weighted by atomic mass is 10.0. The van der Waals surface area contributed by atoms with Gasteiger partial charge in [-0.3, -0.25) is 0 Å². The lowest BCUT2D eigenvalue weighted by Gasteiger charge is -2.22. The first-order chi connectivity index (χ1) is 6.33. The Morgan fingerprint density at radius 3 is 2.62 bits per heavy atom. The van der Waals surface area contributed by atoms with Crippen molar-refractivity contribution in [2.24, 2.45) is 5.73 Å². The van der Waals surface area contributed by atoms with Gasteiger partial charge in [0.15, 0.2) is 0 Å². The van der Waals surface area contributed by atoms with Gasteiger partial charge in [0.2, 0.25) is 0 Å². The van der Waals surface area contributed by atoms with E-state index in [2.05, 4.69) is 18.7 Å². The summed E-state index contributed by atoms with van der Waals surface area (Å²) in [6, 6.07) is 0.442. The maximum absolute atomic E-state index is 5.98. The Bertz CT molecular complexity index is 121. The number of hydrogen-bond donors (Lipinski definition) is 1. The molecule has 1 rings (SSSR count). The molecule has 0 aromatic rings. The van der Waals surface area contributed by atoms with Gasteiger partial charge in [0.25, 0.3) is 0 Å². The summed E-state index contributed by atoms with van der Waals surface area (Å²) < 4.78 is 0. The molecule has 0 radical (unpaired) electrons. The summed E-state index contributed by atoms with van der Waals surface area (Å²) in [5.74, 6) is 1.18. The Hall–Kier alpha value is 0.310. The van der Waals surface area contributed by atoms with E-state index >= 15 is 0 Å². The number of rotatable bonds is 5. The topological polar surface area (TPSA) is 26.0 Å². The molecule has 13 heavy (non-hydrogen) atoms. The van der Waals surface area contributed by atoms with E-state index in [4.69, 9.17) is 5.73 Å².